The molecule has 0 aliphatic carbocycles. The van der Waals surface area contributed by atoms with Gasteiger partial charge in [0.25, 0.3) is 5.56 Å². The third kappa shape index (κ3) is 3.32. The first kappa shape index (κ1) is 19.4. The van der Waals surface area contributed by atoms with Crippen molar-refractivity contribution in [2.75, 3.05) is 20.8 Å². The van der Waals surface area contributed by atoms with E-state index in [0.717, 1.165) is 29.5 Å². The van der Waals surface area contributed by atoms with Gasteiger partial charge in [-0.1, -0.05) is 5.21 Å². The number of rotatable bonds is 5. The number of carbonyl (C=O) groups excluding carboxylic acids is 2. The Kier molecular flexibility index (Phi) is 5.37. The van der Waals surface area contributed by atoms with Crippen LogP contribution in [0.15, 0.2) is 21.9 Å². The van der Waals surface area contributed by atoms with Crippen LogP contribution in [0.5, 0.6) is 0 Å². The van der Waals surface area contributed by atoms with Gasteiger partial charge in [-0.3, -0.25) is 14.3 Å². The number of carbonyl (C=O) groups is 2. The molecule has 2 aromatic heterocycles. The maximum atomic E-state index is 12.2. The summed E-state index contributed by atoms with van der Waals surface area (Å²) >= 11 is 0. The molecule has 13 heteroatoms. The van der Waals surface area contributed by atoms with Crippen LogP contribution in [-0.4, -0.2) is 68.5 Å². The standard InChI is InChI=1S/C15H17N5O8/c1-26-13(23)11-12(14(24)27-2)20(18-17-11)7-5-10(28-8(7)6-21)19-4-3-9(22)16-15(19)25/h3-4,7-8,10,21H,5-6H2,1-2H3,(H,16,22,25)/t7-,8+,10+/m0/s1. The van der Waals surface area contributed by atoms with Crippen molar-refractivity contribution in [3.63, 3.8) is 0 Å². The van der Waals surface area contributed by atoms with E-state index >= 15 is 0 Å². The van der Waals surface area contributed by atoms with E-state index in [2.05, 4.69) is 20.0 Å². The molecule has 13 nitrogen and oxygen atoms in total. The van der Waals surface area contributed by atoms with E-state index in [1.807, 2.05) is 0 Å². The topological polar surface area (TPSA) is 168 Å². The van der Waals surface area contributed by atoms with Gasteiger partial charge in [-0.25, -0.2) is 19.1 Å². The molecular weight excluding hydrogens is 378 g/mol. The lowest BCUT2D eigenvalue weighted by atomic mass is 10.1. The highest BCUT2D eigenvalue weighted by atomic mass is 16.5. The first-order valence-electron chi connectivity index (χ1n) is 8.10. The monoisotopic (exact) mass is 395 g/mol. The van der Waals surface area contributed by atoms with Gasteiger partial charge in [0, 0.05) is 18.7 Å². The lowest BCUT2D eigenvalue weighted by Gasteiger charge is -2.17. The summed E-state index contributed by atoms with van der Waals surface area (Å²) in [4.78, 5) is 49.5. The Hall–Kier alpha value is -3.32. The predicted molar refractivity (Wildman–Crippen MR) is 88.7 cm³/mol. The summed E-state index contributed by atoms with van der Waals surface area (Å²) in [6.45, 7) is -0.465. The fraction of sp³-hybridized carbons (Fsp3) is 0.467. The zero-order chi connectivity index (χ0) is 20.4. The molecule has 3 rings (SSSR count). The first-order chi connectivity index (χ1) is 13.4. The average Bonchev–Trinajstić information content (AvgIpc) is 3.30. The smallest absolute Gasteiger partial charge is 0.361 e. The van der Waals surface area contributed by atoms with E-state index in [1.54, 1.807) is 0 Å². The van der Waals surface area contributed by atoms with Gasteiger partial charge in [-0.2, -0.15) is 0 Å². The fourth-order valence-corrected chi connectivity index (χ4v) is 3.01. The zero-order valence-corrected chi connectivity index (χ0v) is 14.9. The minimum atomic E-state index is -0.889. The first-order valence-corrected chi connectivity index (χ1v) is 8.10. The second-order valence-electron chi connectivity index (χ2n) is 5.85. The third-order valence-electron chi connectivity index (χ3n) is 4.31. The number of nitrogens with zero attached hydrogens (tertiary/aromatic N) is 4. The molecule has 2 aromatic rings. The number of hydrogen-bond acceptors (Lipinski definition) is 10. The van der Waals surface area contributed by atoms with Gasteiger partial charge in [0.05, 0.1) is 26.9 Å². The van der Waals surface area contributed by atoms with Gasteiger partial charge in [-0.05, 0) is 0 Å². The lowest BCUT2D eigenvalue weighted by molar-refractivity contribution is -0.0325. The molecule has 1 aliphatic heterocycles. The highest BCUT2D eigenvalue weighted by molar-refractivity contribution is 6.00. The average molecular weight is 395 g/mol. The zero-order valence-electron chi connectivity index (χ0n) is 14.9. The van der Waals surface area contributed by atoms with Gasteiger partial charge < -0.3 is 19.3 Å². The quantitative estimate of drug-likeness (QED) is 0.552. The SMILES string of the molecule is COC(=O)c1nnn([C@H]2C[C@H](n3ccc(=O)[nH]c3=O)O[C@@H]2CO)c1C(=O)OC. The van der Waals surface area contributed by atoms with Crippen molar-refractivity contribution in [3.05, 3.63) is 44.5 Å². The number of methoxy groups -OCH3 is 2. The Labute approximate surface area is 156 Å². The molecule has 1 fully saturated rings. The second kappa shape index (κ2) is 7.74. The van der Waals surface area contributed by atoms with E-state index in [9.17, 15) is 24.3 Å². The summed E-state index contributed by atoms with van der Waals surface area (Å²) in [5.41, 5.74) is -1.88. The number of hydrogen-bond donors (Lipinski definition) is 2. The largest absolute Gasteiger partial charge is 0.464 e. The molecule has 2 N–H and O–H groups in total. The Balaban J connectivity index is 2.02. The van der Waals surface area contributed by atoms with Crippen LogP contribution in [0.1, 0.15) is 39.7 Å². The second-order valence-corrected chi connectivity index (χ2v) is 5.85. The van der Waals surface area contributed by atoms with Crippen LogP contribution in [0.2, 0.25) is 0 Å². The van der Waals surface area contributed by atoms with Crippen molar-refractivity contribution >= 4 is 11.9 Å². The third-order valence-corrected chi connectivity index (χ3v) is 4.31. The highest BCUT2D eigenvalue weighted by Crippen LogP contribution is 2.36. The molecule has 0 aromatic carbocycles. The molecule has 1 aliphatic rings. The maximum Gasteiger partial charge on any atom is 0.361 e. The van der Waals surface area contributed by atoms with Crippen molar-refractivity contribution in [2.45, 2.75) is 24.8 Å². The van der Waals surface area contributed by atoms with Gasteiger partial charge in [-0.15, -0.1) is 5.10 Å². The highest BCUT2D eigenvalue weighted by Gasteiger charge is 2.41. The summed E-state index contributed by atoms with van der Waals surface area (Å²) < 4.78 is 17.2. The molecule has 0 radical (unpaired) electrons. The molecule has 0 unspecified atom stereocenters. The molecule has 150 valence electrons. The molecule has 28 heavy (non-hydrogen) atoms. The van der Waals surface area contributed by atoms with Crippen LogP contribution in [0.25, 0.3) is 0 Å². The number of aromatic nitrogens is 5. The number of aromatic amines is 1. The van der Waals surface area contributed by atoms with Crippen LogP contribution in [0, 0.1) is 0 Å². The number of aliphatic hydroxyl groups excluding tert-OH is 1. The van der Waals surface area contributed by atoms with Crippen LogP contribution in [0.3, 0.4) is 0 Å². The molecule has 0 spiro atoms. The number of H-pyrrole nitrogens is 1. The summed E-state index contributed by atoms with van der Waals surface area (Å²) in [7, 11) is 2.24. The molecule has 1 saturated heterocycles. The summed E-state index contributed by atoms with van der Waals surface area (Å²) in [6.07, 6.45) is -0.391. The number of ether oxygens (including phenoxy) is 3. The molecule has 3 atom stereocenters. The number of aliphatic hydroxyl groups is 1. The Morgan fingerprint density at radius 3 is 2.64 bits per heavy atom. The van der Waals surface area contributed by atoms with Gasteiger partial charge in [0.15, 0.2) is 5.69 Å². The lowest BCUT2D eigenvalue weighted by Crippen LogP contribution is -2.31. The van der Waals surface area contributed by atoms with E-state index in [0.29, 0.717) is 0 Å². The number of esters is 2. The van der Waals surface area contributed by atoms with Gasteiger partial charge in [0.2, 0.25) is 5.69 Å². The van der Waals surface area contributed by atoms with E-state index in [-0.39, 0.29) is 17.8 Å². The van der Waals surface area contributed by atoms with Crippen LogP contribution >= 0.6 is 0 Å². The maximum absolute atomic E-state index is 12.2. The molecule has 3 heterocycles. The van der Waals surface area contributed by atoms with E-state index in [1.165, 1.54) is 6.20 Å². The van der Waals surface area contributed by atoms with Crippen molar-refractivity contribution in [2.24, 2.45) is 0 Å². The van der Waals surface area contributed by atoms with Crippen LogP contribution in [-0.2, 0) is 14.2 Å². The van der Waals surface area contributed by atoms with Crippen LogP contribution < -0.4 is 11.2 Å². The Morgan fingerprint density at radius 1 is 1.32 bits per heavy atom. The summed E-state index contributed by atoms with van der Waals surface area (Å²) in [5, 5.41) is 17.2. The molecule has 0 bridgehead atoms. The van der Waals surface area contributed by atoms with Crippen LogP contribution in [0.4, 0.5) is 0 Å². The van der Waals surface area contributed by atoms with Gasteiger partial charge >= 0.3 is 17.6 Å². The van der Waals surface area contributed by atoms with Gasteiger partial charge in [0.1, 0.15) is 12.3 Å². The number of nitrogens with one attached hydrogen (secondary N) is 1. The van der Waals surface area contributed by atoms with E-state index < -0.39 is 48.2 Å². The Bertz CT molecular complexity index is 1010. The normalized spacial score (nSPS) is 21.5. The predicted octanol–water partition coefficient (Wildman–Crippen LogP) is -1.78. The molecule has 0 saturated carbocycles. The van der Waals surface area contributed by atoms with E-state index in [4.69, 9.17) is 9.47 Å². The van der Waals surface area contributed by atoms with Crippen molar-refractivity contribution in [1.82, 2.24) is 24.5 Å². The molecule has 0 amide bonds. The minimum absolute atomic E-state index is 0.0884. The van der Waals surface area contributed by atoms with Crippen molar-refractivity contribution in [1.29, 1.82) is 0 Å². The summed E-state index contributed by atoms with van der Waals surface area (Å²) in [5.74, 6) is -1.77. The Morgan fingerprint density at radius 2 is 2.04 bits per heavy atom. The molecular formula is C15H17N5O8. The minimum Gasteiger partial charge on any atom is -0.464 e. The van der Waals surface area contributed by atoms with Crippen molar-refractivity contribution in [3.8, 4) is 0 Å². The van der Waals surface area contributed by atoms with Crippen molar-refractivity contribution < 1.29 is 28.9 Å². The summed E-state index contributed by atoms with van der Waals surface area (Å²) in [6, 6.07) is 0.394. The fourth-order valence-electron chi connectivity index (χ4n) is 3.01.